The third kappa shape index (κ3) is 4.84. The maximum Gasteiger partial charge on any atom is 0.422 e. The zero-order chi connectivity index (χ0) is 17.7. The van der Waals surface area contributed by atoms with Gasteiger partial charge in [-0.2, -0.15) is 13.2 Å². The van der Waals surface area contributed by atoms with Crippen LogP contribution in [-0.4, -0.2) is 47.1 Å². The summed E-state index contributed by atoms with van der Waals surface area (Å²) in [5.41, 5.74) is 0.336. The van der Waals surface area contributed by atoms with E-state index >= 15 is 0 Å². The predicted molar refractivity (Wildman–Crippen MR) is 78.0 cm³/mol. The van der Waals surface area contributed by atoms with Crippen molar-refractivity contribution in [3.8, 4) is 5.88 Å². The summed E-state index contributed by atoms with van der Waals surface area (Å²) in [4.78, 5) is 28.9. The van der Waals surface area contributed by atoms with E-state index in [2.05, 4.69) is 15.0 Å². The van der Waals surface area contributed by atoms with Gasteiger partial charge in [-0.05, 0) is 18.9 Å². The topological polar surface area (TPSA) is 71.5 Å². The molecule has 1 atom stereocenters. The van der Waals surface area contributed by atoms with Gasteiger partial charge >= 0.3 is 6.18 Å². The fourth-order valence-electron chi connectivity index (χ4n) is 2.56. The van der Waals surface area contributed by atoms with Gasteiger partial charge in [-0.3, -0.25) is 9.59 Å². The van der Waals surface area contributed by atoms with Gasteiger partial charge in [0.05, 0.1) is 0 Å². The van der Waals surface area contributed by atoms with Crippen molar-refractivity contribution in [1.29, 1.82) is 0 Å². The van der Waals surface area contributed by atoms with E-state index in [-0.39, 0.29) is 24.2 Å². The zero-order valence-electron chi connectivity index (χ0n) is 13.1. The second-order valence-corrected chi connectivity index (χ2v) is 5.46. The average Bonchev–Trinajstić information content (AvgIpc) is 3.00. The summed E-state index contributed by atoms with van der Waals surface area (Å²) in [6.07, 6.45) is -1.85. The molecule has 0 aromatic carbocycles. The Morgan fingerprint density at radius 3 is 2.88 bits per heavy atom. The Kier molecular flexibility index (Phi) is 5.63. The van der Waals surface area contributed by atoms with E-state index in [4.69, 9.17) is 0 Å². The number of carbonyl (C=O) groups is 2. The number of hydrogen-bond acceptors (Lipinski definition) is 4. The fourth-order valence-corrected chi connectivity index (χ4v) is 2.56. The maximum atomic E-state index is 12.3. The minimum atomic E-state index is -4.47. The number of halogens is 3. The van der Waals surface area contributed by atoms with Gasteiger partial charge in [0, 0.05) is 31.8 Å². The number of aromatic nitrogens is 1. The van der Waals surface area contributed by atoms with Crippen molar-refractivity contribution in [2.24, 2.45) is 0 Å². The van der Waals surface area contributed by atoms with E-state index in [0.717, 1.165) is 6.42 Å². The number of ether oxygens (including phenoxy) is 1. The molecule has 1 saturated heterocycles. The van der Waals surface area contributed by atoms with Crippen LogP contribution < -0.4 is 10.1 Å². The summed E-state index contributed by atoms with van der Waals surface area (Å²) >= 11 is 0. The summed E-state index contributed by atoms with van der Waals surface area (Å²) in [5.74, 6) is -0.693. The molecule has 2 rings (SSSR count). The highest BCUT2D eigenvalue weighted by Gasteiger charge is 2.32. The first-order chi connectivity index (χ1) is 11.3. The highest BCUT2D eigenvalue weighted by Crippen LogP contribution is 2.21. The van der Waals surface area contributed by atoms with Crippen LogP contribution in [0.15, 0.2) is 18.3 Å². The molecule has 0 unspecified atom stereocenters. The summed E-state index contributed by atoms with van der Waals surface area (Å²) in [6.45, 7) is 0.448. The van der Waals surface area contributed by atoms with Gasteiger partial charge < -0.3 is 15.0 Å². The maximum absolute atomic E-state index is 12.3. The van der Waals surface area contributed by atoms with E-state index in [1.54, 1.807) is 6.07 Å². The van der Waals surface area contributed by atoms with Crippen molar-refractivity contribution >= 4 is 11.8 Å². The zero-order valence-corrected chi connectivity index (χ0v) is 13.1. The van der Waals surface area contributed by atoms with Gasteiger partial charge in [-0.15, -0.1) is 0 Å². The van der Waals surface area contributed by atoms with Crippen LogP contribution in [0.3, 0.4) is 0 Å². The Morgan fingerprint density at radius 1 is 1.46 bits per heavy atom. The first-order valence-corrected chi connectivity index (χ1v) is 7.46. The molecule has 2 amide bonds. The molecule has 132 valence electrons. The molecule has 0 radical (unpaired) electrons. The highest BCUT2D eigenvalue weighted by atomic mass is 19.4. The normalized spacial score (nSPS) is 17.7. The third-order valence-corrected chi connectivity index (χ3v) is 3.64. The van der Waals surface area contributed by atoms with E-state index in [1.165, 1.54) is 24.1 Å². The molecule has 2 heterocycles. The van der Waals surface area contributed by atoms with E-state index in [0.29, 0.717) is 18.5 Å². The van der Waals surface area contributed by atoms with Gasteiger partial charge in [-0.25, -0.2) is 4.98 Å². The van der Waals surface area contributed by atoms with E-state index in [9.17, 15) is 22.8 Å². The standard InChI is InChI=1S/C15H18F3N3O3/c1-10(22)21-7-3-5-12(21)13(23)20-8-11-4-2-6-19-14(11)24-9-15(16,17)18/h2,4,6,12H,3,5,7-9H2,1H3,(H,20,23)/t12-/m1/s1. The number of carbonyl (C=O) groups excluding carboxylic acids is 2. The van der Waals surface area contributed by atoms with Crippen molar-refractivity contribution in [2.75, 3.05) is 13.2 Å². The molecule has 0 aliphatic carbocycles. The number of rotatable bonds is 5. The smallest absolute Gasteiger partial charge is 0.422 e. The van der Waals surface area contributed by atoms with Gasteiger partial charge in [0.1, 0.15) is 6.04 Å². The second-order valence-electron chi connectivity index (χ2n) is 5.46. The van der Waals surface area contributed by atoms with Gasteiger partial charge in [0.25, 0.3) is 0 Å². The minimum absolute atomic E-state index is 0.0257. The van der Waals surface area contributed by atoms with Crippen LogP contribution in [0.25, 0.3) is 0 Å². The molecule has 1 aliphatic rings. The second kappa shape index (κ2) is 7.50. The SMILES string of the molecule is CC(=O)N1CCC[C@@H]1C(=O)NCc1cccnc1OCC(F)(F)F. The third-order valence-electron chi connectivity index (χ3n) is 3.64. The number of hydrogen-bond donors (Lipinski definition) is 1. The Balaban J connectivity index is 1.96. The Morgan fingerprint density at radius 2 is 2.21 bits per heavy atom. The molecular weight excluding hydrogens is 327 g/mol. The summed E-state index contributed by atoms with van der Waals surface area (Å²) in [5, 5.41) is 2.63. The van der Waals surface area contributed by atoms with E-state index in [1.807, 2.05) is 0 Å². The molecule has 6 nitrogen and oxygen atoms in total. The van der Waals surface area contributed by atoms with Crippen LogP contribution in [0.5, 0.6) is 5.88 Å². The van der Waals surface area contributed by atoms with Crippen LogP contribution in [0, 0.1) is 0 Å². The molecule has 1 N–H and O–H groups in total. The first-order valence-electron chi connectivity index (χ1n) is 7.46. The molecule has 1 aromatic heterocycles. The van der Waals surface area contributed by atoms with Crippen LogP contribution in [-0.2, 0) is 16.1 Å². The van der Waals surface area contributed by atoms with Crippen LogP contribution in [0.4, 0.5) is 13.2 Å². The van der Waals surface area contributed by atoms with E-state index < -0.39 is 18.8 Å². The lowest BCUT2D eigenvalue weighted by molar-refractivity contribution is -0.154. The lowest BCUT2D eigenvalue weighted by Crippen LogP contribution is -2.44. The van der Waals surface area contributed by atoms with Crippen LogP contribution >= 0.6 is 0 Å². The fraction of sp³-hybridized carbons (Fsp3) is 0.533. The number of nitrogens with one attached hydrogen (secondary N) is 1. The van der Waals surface area contributed by atoms with Gasteiger partial charge in [-0.1, -0.05) is 6.07 Å². The first kappa shape index (κ1) is 18.0. The molecular formula is C15H18F3N3O3. The van der Waals surface area contributed by atoms with Gasteiger partial charge in [0.2, 0.25) is 17.7 Å². The lowest BCUT2D eigenvalue weighted by atomic mass is 10.2. The minimum Gasteiger partial charge on any atom is -0.468 e. The van der Waals surface area contributed by atoms with Crippen molar-refractivity contribution < 1.29 is 27.5 Å². The molecule has 1 aliphatic heterocycles. The summed E-state index contributed by atoms with van der Waals surface area (Å²) in [6, 6.07) is 2.52. The largest absolute Gasteiger partial charge is 0.468 e. The molecule has 0 spiro atoms. The number of amides is 2. The molecule has 24 heavy (non-hydrogen) atoms. The Bertz CT molecular complexity index is 607. The number of pyridine rings is 1. The van der Waals surface area contributed by atoms with Gasteiger partial charge in [0.15, 0.2) is 6.61 Å². The summed E-state index contributed by atoms with van der Waals surface area (Å²) < 4.78 is 41.4. The molecule has 1 aromatic rings. The Hall–Kier alpha value is -2.32. The van der Waals surface area contributed by atoms with Crippen molar-refractivity contribution in [1.82, 2.24) is 15.2 Å². The average molecular weight is 345 g/mol. The predicted octanol–water partition coefficient (Wildman–Crippen LogP) is 1.65. The molecule has 0 bridgehead atoms. The number of likely N-dealkylation sites (tertiary alicyclic amines) is 1. The highest BCUT2D eigenvalue weighted by molar-refractivity contribution is 5.87. The lowest BCUT2D eigenvalue weighted by Gasteiger charge is -2.22. The number of alkyl halides is 3. The monoisotopic (exact) mass is 345 g/mol. The Labute approximate surface area is 137 Å². The molecule has 9 heteroatoms. The van der Waals surface area contributed by atoms with Crippen molar-refractivity contribution in [3.05, 3.63) is 23.9 Å². The molecule has 1 fully saturated rings. The van der Waals surface area contributed by atoms with Crippen LogP contribution in [0.2, 0.25) is 0 Å². The van der Waals surface area contributed by atoms with Crippen molar-refractivity contribution in [2.45, 2.75) is 38.5 Å². The quantitative estimate of drug-likeness (QED) is 0.881. The molecule has 0 saturated carbocycles. The summed E-state index contributed by atoms with van der Waals surface area (Å²) in [7, 11) is 0. The van der Waals surface area contributed by atoms with Crippen LogP contribution in [0.1, 0.15) is 25.3 Å². The van der Waals surface area contributed by atoms with Crippen molar-refractivity contribution in [3.63, 3.8) is 0 Å². The number of nitrogens with zero attached hydrogens (tertiary/aromatic N) is 2.